The Labute approximate surface area is 147 Å². The number of benzene rings is 1. The smallest absolute Gasteiger partial charge is 0.274 e. The highest BCUT2D eigenvalue weighted by Gasteiger charge is 2.31. The molecule has 3 heterocycles. The average molecular weight is 340 g/mol. The normalized spacial score (nSPS) is 19.8. The van der Waals surface area contributed by atoms with Gasteiger partial charge in [-0.1, -0.05) is 30.3 Å². The summed E-state index contributed by atoms with van der Waals surface area (Å²) in [7, 11) is 0. The van der Waals surface area contributed by atoms with Crippen LogP contribution in [-0.2, 0) is 24.3 Å². The summed E-state index contributed by atoms with van der Waals surface area (Å²) in [5.41, 5.74) is 3.92. The Kier molecular flexibility index (Phi) is 4.81. The van der Waals surface area contributed by atoms with Crippen LogP contribution in [-0.4, -0.2) is 47.2 Å². The molecule has 0 aliphatic carbocycles. The van der Waals surface area contributed by atoms with E-state index >= 15 is 0 Å². The Bertz CT molecular complexity index is 728. The van der Waals surface area contributed by atoms with Gasteiger partial charge in [-0.3, -0.25) is 9.89 Å². The van der Waals surface area contributed by atoms with Crippen molar-refractivity contribution in [3.63, 3.8) is 0 Å². The fourth-order valence-corrected chi connectivity index (χ4v) is 3.62. The quantitative estimate of drug-likeness (QED) is 0.870. The molecule has 1 aromatic carbocycles. The van der Waals surface area contributed by atoms with Crippen molar-refractivity contribution in [2.45, 2.75) is 26.0 Å². The molecule has 1 saturated heterocycles. The monoisotopic (exact) mass is 340 g/mol. The second kappa shape index (κ2) is 7.37. The minimum absolute atomic E-state index is 0.0479. The van der Waals surface area contributed by atoms with Crippen LogP contribution in [0.5, 0.6) is 0 Å². The predicted octanol–water partition coefficient (Wildman–Crippen LogP) is 1.73. The standard InChI is InChI=1S/C19H24N4O2/c24-19(18-16-10-20-8-6-17(16)21-22-18)23-9-7-15(11-23)13-25-12-14-4-2-1-3-5-14/h1-5,15,20H,6-13H2,(H,21,22)/t15-/m1/s1. The third-order valence-electron chi connectivity index (χ3n) is 5.05. The van der Waals surface area contributed by atoms with Crippen LogP contribution in [0.25, 0.3) is 0 Å². The fourth-order valence-electron chi connectivity index (χ4n) is 3.62. The van der Waals surface area contributed by atoms with Gasteiger partial charge in [0, 0.05) is 49.8 Å². The number of ether oxygens (including phenoxy) is 1. The van der Waals surface area contributed by atoms with Crippen LogP contribution in [0.15, 0.2) is 30.3 Å². The zero-order valence-corrected chi connectivity index (χ0v) is 14.3. The highest BCUT2D eigenvalue weighted by atomic mass is 16.5. The molecule has 1 atom stereocenters. The number of hydrogen-bond donors (Lipinski definition) is 2. The van der Waals surface area contributed by atoms with Crippen molar-refractivity contribution in [2.24, 2.45) is 5.92 Å². The number of hydrogen-bond acceptors (Lipinski definition) is 4. The summed E-state index contributed by atoms with van der Waals surface area (Å²) in [5, 5.41) is 10.6. The van der Waals surface area contributed by atoms with E-state index < -0.39 is 0 Å². The van der Waals surface area contributed by atoms with Gasteiger partial charge in [0.1, 0.15) is 0 Å². The maximum Gasteiger partial charge on any atom is 0.274 e. The van der Waals surface area contributed by atoms with Crippen LogP contribution in [0.1, 0.15) is 33.7 Å². The highest BCUT2D eigenvalue weighted by Crippen LogP contribution is 2.22. The lowest BCUT2D eigenvalue weighted by molar-refractivity contribution is 0.0727. The van der Waals surface area contributed by atoms with Crippen LogP contribution in [0.2, 0.25) is 0 Å². The van der Waals surface area contributed by atoms with Crippen LogP contribution in [0.4, 0.5) is 0 Å². The minimum Gasteiger partial charge on any atom is -0.376 e. The number of fused-ring (bicyclic) bond motifs is 1. The molecule has 0 spiro atoms. The van der Waals surface area contributed by atoms with E-state index in [0.29, 0.717) is 24.8 Å². The van der Waals surface area contributed by atoms with Gasteiger partial charge in [0.05, 0.1) is 13.2 Å². The summed E-state index contributed by atoms with van der Waals surface area (Å²) in [5.74, 6) is 0.451. The van der Waals surface area contributed by atoms with Crippen molar-refractivity contribution < 1.29 is 9.53 Å². The van der Waals surface area contributed by atoms with E-state index in [-0.39, 0.29) is 5.91 Å². The van der Waals surface area contributed by atoms with Gasteiger partial charge < -0.3 is 15.0 Å². The van der Waals surface area contributed by atoms with E-state index in [1.807, 2.05) is 23.1 Å². The maximum absolute atomic E-state index is 12.8. The van der Waals surface area contributed by atoms with E-state index in [1.165, 1.54) is 5.56 Å². The van der Waals surface area contributed by atoms with Crippen molar-refractivity contribution in [1.29, 1.82) is 0 Å². The Hall–Kier alpha value is -2.18. The topological polar surface area (TPSA) is 70.2 Å². The largest absolute Gasteiger partial charge is 0.376 e. The van der Waals surface area contributed by atoms with Gasteiger partial charge in [-0.25, -0.2) is 0 Å². The molecule has 2 aliphatic heterocycles. The number of aromatic nitrogens is 2. The van der Waals surface area contributed by atoms with E-state index in [2.05, 4.69) is 27.6 Å². The SMILES string of the molecule is O=C(c1n[nH]c2c1CNCC2)N1CC[C@@H](COCc2ccccc2)C1. The Morgan fingerprint density at radius 2 is 2.20 bits per heavy atom. The lowest BCUT2D eigenvalue weighted by Gasteiger charge is -2.18. The molecule has 0 unspecified atom stereocenters. The Morgan fingerprint density at radius 3 is 3.08 bits per heavy atom. The number of carbonyl (C=O) groups is 1. The molecule has 2 aliphatic rings. The lowest BCUT2D eigenvalue weighted by Crippen LogP contribution is -2.32. The molecule has 6 heteroatoms. The molecular formula is C19H24N4O2. The fraction of sp³-hybridized carbons (Fsp3) is 0.474. The van der Waals surface area contributed by atoms with Crippen LogP contribution in [0.3, 0.4) is 0 Å². The molecule has 6 nitrogen and oxygen atoms in total. The first kappa shape index (κ1) is 16.3. The van der Waals surface area contributed by atoms with Gasteiger partial charge in [-0.05, 0) is 12.0 Å². The van der Waals surface area contributed by atoms with Crippen molar-refractivity contribution in [3.8, 4) is 0 Å². The van der Waals surface area contributed by atoms with Crippen LogP contribution in [0, 0.1) is 5.92 Å². The first-order valence-corrected chi connectivity index (χ1v) is 8.99. The van der Waals surface area contributed by atoms with Gasteiger partial charge in [0.25, 0.3) is 5.91 Å². The summed E-state index contributed by atoms with van der Waals surface area (Å²) in [6, 6.07) is 10.2. The van der Waals surface area contributed by atoms with E-state index in [4.69, 9.17) is 4.74 Å². The van der Waals surface area contributed by atoms with Gasteiger partial charge >= 0.3 is 0 Å². The number of nitrogens with zero attached hydrogens (tertiary/aromatic N) is 2. The molecule has 1 aromatic heterocycles. The Balaban J connectivity index is 1.30. The zero-order chi connectivity index (χ0) is 17.1. The number of rotatable bonds is 5. The van der Waals surface area contributed by atoms with Crippen LogP contribution < -0.4 is 5.32 Å². The average Bonchev–Trinajstić information content (AvgIpc) is 3.29. The number of carbonyl (C=O) groups excluding carboxylic acids is 1. The molecule has 4 rings (SSSR count). The molecule has 2 N–H and O–H groups in total. The number of H-pyrrole nitrogens is 1. The van der Waals surface area contributed by atoms with Crippen LogP contribution >= 0.6 is 0 Å². The second-order valence-electron chi connectivity index (χ2n) is 6.86. The summed E-state index contributed by atoms with van der Waals surface area (Å²) < 4.78 is 5.84. The first-order chi connectivity index (χ1) is 12.3. The molecule has 25 heavy (non-hydrogen) atoms. The van der Waals surface area contributed by atoms with E-state index in [0.717, 1.165) is 50.3 Å². The van der Waals surface area contributed by atoms with Gasteiger partial charge in [0.2, 0.25) is 0 Å². The second-order valence-corrected chi connectivity index (χ2v) is 6.86. The summed E-state index contributed by atoms with van der Waals surface area (Å²) in [6.45, 7) is 4.52. The van der Waals surface area contributed by atoms with Crippen molar-refractivity contribution in [2.75, 3.05) is 26.2 Å². The predicted molar refractivity (Wildman–Crippen MR) is 94.1 cm³/mol. The van der Waals surface area contributed by atoms with Crippen molar-refractivity contribution >= 4 is 5.91 Å². The highest BCUT2D eigenvalue weighted by molar-refractivity contribution is 5.94. The molecule has 2 aromatic rings. The summed E-state index contributed by atoms with van der Waals surface area (Å²) in [4.78, 5) is 14.7. The number of aromatic amines is 1. The molecular weight excluding hydrogens is 316 g/mol. The van der Waals surface area contributed by atoms with E-state index in [1.54, 1.807) is 0 Å². The minimum atomic E-state index is 0.0479. The van der Waals surface area contributed by atoms with E-state index in [9.17, 15) is 4.79 Å². The third-order valence-corrected chi connectivity index (χ3v) is 5.05. The Morgan fingerprint density at radius 1 is 1.32 bits per heavy atom. The van der Waals surface area contributed by atoms with Crippen molar-refractivity contribution in [1.82, 2.24) is 20.4 Å². The lowest BCUT2D eigenvalue weighted by atomic mass is 10.1. The van der Waals surface area contributed by atoms with Gasteiger partial charge in [0.15, 0.2) is 5.69 Å². The summed E-state index contributed by atoms with van der Waals surface area (Å²) in [6.07, 6.45) is 1.90. The van der Waals surface area contributed by atoms with Crippen molar-refractivity contribution in [3.05, 3.63) is 52.8 Å². The molecule has 132 valence electrons. The maximum atomic E-state index is 12.8. The molecule has 0 bridgehead atoms. The third kappa shape index (κ3) is 3.60. The van der Waals surface area contributed by atoms with Gasteiger partial charge in [-0.2, -0.15) is 5.10 Å². The molecule has 1 fully saturated rings. The molecule has 0 saturated carbocycles. The number of amides is 1. The first-order valence-electron chi connectivity index (χ1n) is 8.99. The summed E-state index contributed by atoms with van der Waals surface area (Å²) >= 11 is 0. The van der Waals surface area contributed by atoms with Gasteiger partial charge in [-0.15, -0.1) is 0 Å². The molecule has 0 radical (unpaired) electrons. The molecule has 1 amide bonds. The number of nitrogens with one attached hydrogen (secondary N) is 2. The number of likely N-dealkylation sites (tertiary alicyclic amines) is 1. The zero-order valence-electron chi connectivity index (χ0n) is 14.3.